The van der Waals surface area contributed by atoms with E-state index >= 15 is 0 Å². The minimum Gasteiger partial charge on any atom is -0.276 e. The molecule has 42 valence electrons. The third-order valence-corrected chi connectivity index (χ3v) is 0.375. The van der Waals surface area contributed by atoms with E-state index in [1.165, 1.54) is 0 Å². The second-order valence-electron chi connectivity index (χ2n) is 0.929. The van der Waals surface area contributed by atoms with Crippen LogP contribution in [0.3, 0.4) is 0 Å². The molecule has 0 saturated carbocycles. The molecule has 0 aliphatic rings. The van der Waals surface area contributed by atoms with Gasteiger partial charge < -0.3 is 0 Å². The van der Waals surface area contributed by atoms with Gasteiger partial charge in [0.05, 0.1) is 0 Å². The van der Waals surface area contributed by atoms with Crippen molar-refractivity contribution in [3.63, 3.8) is 0 Å². The predicted molar refractivity (Wildman–Crippen MR) is 24.8 cm³/mol. The topological polar surface area (TPSA) is 57.5 Å². The zero-order chi connectivity index (χ0) is 5.54. The summed E-state index contributed by atoms with van der Waals surface area (Å²) in [5.74, 6) is 0. The molecule has 0 aromatic heterocycles. The van der Waals surface area contributed by atoms with Gasteiger partial charge >= 0.3 is 0 Å². The van der Waals surface area contributed by atoms with Crippen LogP contribution in [0.2, 0.25) is 0 Å². The lowest BCUT2D eigenvalue weighted by Gasteiger charge is -1.94. The lowest BCUT2D eigenvalue weighted by Crippen LogP contribution is -2.12. The normalized spacial score (nSPS) is 8.71. The third-order valence-electron chi connectivity index (χ3n) is 0.375. The number of nitrogens with zero attached hydrogens (tertiary/aromatic N) is 1. The molecule has 0 aliphatic carbocycles. The van der Waals surface area contributed by atoms with Gasteiger partial charge in [0.25, 0.3) is 0 Å². The standard InChI is InChI=1S/C3H9N3O/c1-2-6-7-3-5-4/h4,6H,2-3H2,1H3. The second-order valence-corrected chi connectivity index (χ2v) is 0.929. The molecule has 7 heavy (non-hydrogen) atoms. The summed E-state index contributed by atoms with van der Waals surface area (Å²) < 4.78 is 0. The number of rotatable bonds is 4. The third kappa shape index (κ3) is 5.52. The highest BCUT2D eigenvalue weighted by Crippen LogP contribution is 1.64. The Morgan fingerprint density at radius 2 is 2.57 bits per heavy atom. The molecule has 0 amide bonds. The smallest absolute Gasteiger partial charge is 0.178 e. The predicted octanol–water partition coefficient (Wildman–Crippen LogP) is 0.516. The average molecular weight is 103 g/mol. The van der Waals surface area contributed by atoms with E-state index in [1.807, 2.05) is 6.92 Å². The Kier molecular flexibility index (Phi) is 5.14. The summed E-state index contributed by atoms with van der Waals surface area (Å²) in [7, 11) is 0. The van der Waals surface area contributed by atoms with Gasteiger partial charge in [-0.3, -0.25) is 4.84 Å². The summed E-state index contributed by atoms with van der Waals surface area (Å²) in [6.07, 6.45) is 0. The van der Waals surface area contributed by atoms with Crippen molar-refractivity contribution in [2.45, 2.75) is 6.92 Å². The fraction of sp³-hybridized carbons (Fsp3) is 1.00. The van der Waals surface area contributed by atoms with Crippen LogP contribution in [0.25, 0.3) is 0 Å². The fourth-order valence-corrected chi connectivity index (χ4v) is 0.180. The van der Waals surface area contributed by atoms with E-state index < -0.39 is 0 Å². The summed E-state index contributed by atoms with van der Waals surface area (Å²) in [6.45, 7) is 2.76. The first kappa shape index (κ1) is 6.52. The Morgan fingerprint density at radius 1 is 1.86 bits per heavy atom. The molecule has 0 bridgehead atoms. The van der Waals surface area contributed by atoms with Crippen molar-refractivity contribution in [1.29, 1.82) is 5.53 Å². The molecule has 0 rings (SSSR count). The van der Waals surface area contributed by atoms with Gasteiger partial charge in [-0.25, -0.2) is 11.0 Å². The van der Waals surface area contributed by atoms with Crippen molar-refractivity contribution < 1.29 is 4.84 Å². The second kappa shape index (κ2) is 5.52. The molecule has 4 heteroatoms. The maximum atomic E-state index is 6.24. The summed E-state index contributed by atoms with van der Waals surface area (Å²) in [4.78, 5) is 4.53. The van der Waals surface area contributed by atoms with Crippen LogP contribution in [0.1, 0.15) is 6.92 Å². The van der Waals surface area contributed by atoms with Crippen molar-refractivity contribution in [3.05, 3.63) is 0 Å². The van der Waals surface area contributed by atoms with Crippen molar-refractivity contribution in [2.24, 2.45) is 5.11 Å². The van der Waals surface area contributed by atoms with Gasteiger partial charge in [0.1, 0.15) is 0 Å². The molecule has 0 atom stereocenters. The molecular weight excluding hydrogens is 94.1 g/mol. The van der Waals surface area contributed by atoms with E-state index in [4.69, 9.17) is 5.53 Å². The van der Waals surface area contributed by atoms with Crippen LogP contribution < -0.4 is 5.48 Å². The van der Waals surface area contributed by atoms with Gasteiger partial charge in [-0.1, -0.05) is 6.92 Å². The van der Waals surface area contributed by atoms with E-state index in [1.54, 1.807) is 0 Å². The number of hydrogen-bond donors (Lipinski definition) is 2. The highest BCUT2D eigenvalue weighted by Gasteiger charge is 1.73. The molecule has 0 radical (unpaired) electrons. The van der Waals surface area contributed by atoms with E-state index in [9.17, 15) is 0 Å². The van der Waals surface area contributed by atoms with Crippen LogP contribution in [-0.2, 0) is 4.84 Å². The molecule has 0 aromatic carbocycles. The van der Waals surface area contributed by atoms with Gasteiger partial charge in [0, 0.05) is 6.54 Å². The quantitative estimate of drug-likeness (QED) is 0.309. The largest absolute Gasteiger partial charge is 0.276 e. The molecule has 0 saturated heterocycles. The molecule has 0 fully saturated rings. The van der Waals surface area contributed by atoms with Crippen molar-refractivity contribution in [2.75, 3.05) is 13.3 Å². The Labute approximate surface area is 42.3 Å². The lowest BCUT2D eigenvalue weighted by molar-refractivity contribution is 0.0462. The van der Waals surface area contributed by atoms with E-state index in [-0.39, 0.29) is 6.73 Å². The minimum atomic E-state index is 0.105. The van der Waals surface area contributed by atoms with E-state index in [0.717, 1.165) is 6.54 Å². The summed E-state index contributed by atoms with van der Waals surface area (Å²) in [6, 6.07) is 0. The summed E-state index contributed by atoms with van der Waals surface area (Å²) in [5, 5.41) is 2.94. The highest BCUT2D eigenvalue weighted by molar-refractivity contribution is 4.13. The van der Waals surface area contributed by atoms with Gasteiger partial charge in [0.15, 0.2) is 6.73 Å². The zero-order valence-corrected chi connectivity index (χ0v) is 4.27. The Balaban J connectivity index is 2.56. The Morgan fingerprint density at radius 3 is 3.00 bits per heavy atom. The first-order valence-corrected chi connectivity index (χ1v) is 2.09. The Bertz CT molecular complexity index is 47.4. The first-order chi connectivity index (χ1) is 3.41. The van der Waals surface area contributed by atoms with Crippen LogP contribution >= 0.6 is 0 Å². The van der Waals surface area contributed by atoms with Crippen LogP contribution in [0.15, 0.2) is 5.11 Å². The molecule has 0 unspecified atom stereocenters. The number of nitrogens with one attached hydrogen (secondary N) is 2. The fourth-order valence-electron chi connectivity index (χ4n) is 0.180. The molecule has 4 nitrogen and oxygen atoms in total. The molecule has 0 aliphatic heterocycles. The maximum Gasteiger partial charge on any atom is 0.178 e. The zero-order valence-electron chi connectivity index (χ0n) is 4.27. The van der Waals surface area contributed by atoms with Gasteiger partial charge in [-0.05, 0) is 0 Å². The molecule has 0 spiro atoms. The van der Waals surface area contributed by atoms with Crippen molar-refractivity contribution >= 4 is 0 Å². The number of hydrogen-bond acceptors (Lipinski definition) is 4. The minimum absolute atomic E-state index is 0.105. The van der Waals surface area contributed by atoms with Crippen molar-refractivity contribution in [1.82, 2.24) is 5.48 Å². The molecule has 0 aromatic rings. The SMILES string of the molecule is CCNOCN=N. The summed E-state index contributed by atoms with van der Waals surface area (Å²) in [5.41, 5.74) is 8.78. The van der Waals surface area contributed by atoms with E-state index in [0.29, 0.717) is 0 Å². The summed E-state index contributed by atoms with van der Waals surface area (Å²) >= 11 is 0. The molecule has 0 heterocycles. The molecule has 2 N–H and O–H groups in total. The van der Waals surface area contributed by atoms with Gasteiger partial charge in [-0.15, -0.1) is 0 Å². The maximum absolute atomic E-state index is 6.24. The lowest BCUT2D eigenvalue weighted by atomic mass is 10.8. The monoisotopic (exact) mass is 103 g/mol. The highest BCUT2D eigenvalue weighted by atomic mass is 16.6. The first-order valence-electron chi connectivity index (χ1n) is 2.09. The van der Waals surface area contributed by atoms with Crippen LogP contribution in [0.5, 0.6) is 0 Å². The van der Waals surface area contributed by atoms with Crippen LogP contribution in [0.4, 0.5) is 0 Å². The van der Waals surface area contributed by atoms with Gasteiger partial charge in [-0.2, -0.15) is 5.11 Å². The van der Waals surface area contributed by atoms with Crippen LogP contribution in [0, 0.1) is 5.53 Å². The number of hydroxylamine groups is 1. The van der Waals surface area contributed by atoms with Crippen molar-refractivity contribution in [3.8, 4) is 0 Å². The molecular formula is C3H9N3O. The average Bonchev–Trinajstić information content (AvgIpc) is 1.69. The Hall–Kier alpha value is -0.480. The van der Waals surface area contributed by atoms with Crippen LogP contribution in [-0.4, -0.2) is 13.3 Å². The van der Waals surface area contributed by atoms with E-state index in [2.05, 4.69) is 15.4 Å². The van der Waals surface area contributed by atoms with Gasteiger partial charge in [0.2, 0.25) is 0 Å².